The van der Waals surface area contributed by atoms with Crippen LogP contribution in [-0.2, 0) is 4.79 Å². The van der Waals surface area contributed by atoms with Crippen molar-refractivity contribution in [2.75, 3.05) is 19.6 Å². The first kappa shape index (κ1) is 15.8. The fourth-order valence-electron chi connectivity index (χ4n) is 2.11. The first-order valence-electron chi connectivity index (χ1n) is 6.86. The van der Waals surface area contributed by atoms with Crippen molar-refractivity contribution < 1.29 is 14.7 Å². The van der Waals surface area contributed by atoms with Crippen LogP contribution in [0.3, 0.4) is 0 Å². The number of nitrogens with zero attached hydrogens (tertiary/aromatic N) is 1. The predicted molar refractivity (Wildman–Crippen MR) is 73.1 cm³/mol. The Morgan fingerprint density at radius 1 is 1.26 bits per heavy atom. The molecule has 1 aliphatic rings. The second kappa shape index (κ2) is 6.75. The van der Waals surface area contributed by atoms with E-state index in [9.17, 15) is 9.59 Å². The van der Waals surface area contributed by atoms with Crippen molar-refractivity contribution in [1.82, 2.24) is 15.5 Å². The Morgan fingerprint density at radius 3 is 2.37 bits per heavy atom. The summed E-state index contributed by atoms with van der Waals surface area (Å²) in [7, 11) is 0. The van der Waals surface area contributed by atoms with Gasteiger partial charge >= 0.3 is 12.0 Å². The zero-order valence-electron chi connectivity index (χ0n) is 12.0. The summed E-state index contributed by atoms with van der Waals surface area (Å²) in [5, 5.41) is 14.1. The third-order valence-electron chi connectivity index (χ3n) is 3.53. The fourth-order valence-corrected chi connectivity index (χ4v) is 2.11. The van der Waals surface area contributed by atoms with E-state index < -0.39 is 17.5 Å². The molecule has 1 saturated heterocycles. The molecule has 0 spiro atoms. The highest BCUT2D eigenvalue weighted by atomic mass is 16.4. The van der Waals surface area contributed by atoms with E-state index in [4.69, 9.17) is 5.11 Å². The molecule has 0 radical (unpaired) electrons. The van der Waals surface area contributed by atoms with Gasteiger partial charge in [-0.05, 0) is 46.7 Å². The third kappa shape index (κ3) is 5.06. The lowest BCUT2D eigenvalue weighted by Crippen LogP contribution is -2.55. The molecular weight excluding hydrogens is 246 g/mol. The molecule has 0 aromatic carbocycles. The largest absolute Gasteiger partial charge is 0.480 e. The summed E-state index contributed by atoms with van der Waals surface area (Å²) in [6, 6.07) is -0.157. The summed E-state index contributed by atoms with van der Waals surface area (Å²) < 4.78 is 0. The highest BCUT2D eigenvalue weighted by Crippen LogP contribution is 2.11. The average molecular weight is 271 g/mol. The van der Waals surface area contributed by atoms with E-state index in [0.29, 0.717) is 6.54 Å². The molecule has 1 fully saturated rings. The number of carbonyl (C=O) groups excluding carboxylic acids is 1. The number of aliphatic carboxylic acids is 1. The fraction of sp³-hybridized carbons (Fsp3) is 0.846. The van der Waals surface area contributed by atoms with Gasteiger partial charge in [0.1, 0.15) is 5.54 Å². The van der Waals surface area contributed by atoms with Gasteiger partial charge in [-0.3, -0.25) is 4.90 Å². The molecule has 0 saturated carbocycles. The monoisotopic (exact) mass is 271 g/mol. The molecular formula is C13H25N3O3. The lowest BCUT2D eigenvalue weighted by molar-refractivity contribution is -0.142. The second-order valence-electron chi connectivity index (χ2n) is 5.71. The second-order valence-corrected chi connectivity index (χ2v) is 5.71. The lowest BCUT2D eigenvalue weighted by Gasteiger charge is -2.32. The molecule has 0 bridgehead atoms. The van der Waals surface area contributed by atoms with Crippen LogP contribution in [0.1, 0.15) is 40.0 Å². The van der Waals surface area contributed by atoms with Gasteiger partial charge in [0.25, 0.3) is 0 Å². The van der Waals surface area contributed by atoms with Crippen LogP contribution in [-0.4, -0.2) is 53.2 Å². The van der Waals surface area contributed by atoms with Crippen LogP contribution in [0.2, 0.25) is 0 Å². The molecule has 1 rings (SSSR count). The molecule has 110 valence electrons. The Balaban J connectivity index is 2.31. The number of amides is 2. The van der Waals surface area contributed by atoms with Gasteiger partial charge in [0, 0.05) is 12.6 Å². The highest BCUT2D eigenvalue weighted by Gasteiger charge is 2.29. The zero-order valence-corrected chi connectivity index (χ0v) is 12.0. The van der Waals surface area contributed by atoms with E-state index in [0.717, 1.165) is 13.1 Å². The minimum atomic E-state index is -1.25. The summed E-state index contributed by atoms with van der Waals surface area (Å²) in [4.78, 5) is 24.9. The van der Waals surface area contributed by atoms with E-state index in [-0.39, 0.29) is 6.04 Å². The first-order chi connectivity index (χ1) is 8.83. The summed E-state index contributed by atoms with van der Waals surface area (Å²) in [6.45, 7) is 7.68. The standard InChI is InChI=1S/C13H25N3O3/c1-10(16-7-5-4-6-8-16)9-14-12(19)15-13(2,3)11(17)18/h10H,4-9H2,1-3H3,(H,17,18)(H2,14,15,19). The quantitative estimate of drug-likeness (QED) is 0.697. The van der Waals surface area contributed by atoms with Crippen molar-refractivity contribution in [3.05, 3.63) is 0 Å². The molecule has 19 heavy (non-hydrogen) atoms. The number of hydrogen-bond donors (Lipinski definition) is 3. The van der Waals surface area contributed by atoms with Crippen molar-refractivity contribution in [2.24, 2.45) is 0 Å². The number of carbonyl (C=O) groups is 2. The topological polar surface area (TPSA) is 81.7 Å². The molecule has 1 unspecified atom stereocenters. The van der Waals surface area contributed by atoms with Gasteiger partial charge in [-0.2, -0.15) is 0 Å². The Morgan fingerprint density at radius 2 is 1.84 bits per heavy atom. The Kier molecular flexibility index (Phi) is 5.60. The van der Waals surface area contributed by atoms with Crippen LogP contribution < -0.4 is 10.6 Å². The molecule has 1 aliphatic heterocycles. The number of urea groups is 1. The maximum Gasteiger partial charge on any atom is 0.328 e. The zero-order chi connectivity index (χ0) is 14.5. The molecule has 0 aromatic heterocycles. The first-order valence-corrected chi connectivity index (χ1v) is 6.86. The van der Waals surface area contributed by atoms with E-state index in [2.05, 4.69) is 22.5 Å². The maximum absolute atomic E-state index is 11.6. The third-order valence-corrected chi connectivity index (χ3v) is 3.53. The van der Waals surface area contributed by atoms with Crippen LogP contribution in [0.4, 0.5) is 4.79 Å². The molecule has 3 N–H and O–H groups in total. The predicted octanol–water partition coefficient (Wildman–Crippen LogP) is 1.02. The van der Waals surface area contributed by atoms with Crippen LogP contribution >= 0.6 is 0 Å². The normalized spacial score (nSPS) is 18.7. The Labute approximate surface area is 114 Å². The number of carboxylic acid groups (broad SMARTS) is 1. The Hall–Kier alpha value is -1.30. The van der Waals surface area contributed by atoms with Gasteiger partial charge in [-0.25, -0.2) is 9.59 Å². The van der Waals surface area contributed by atoms with Crippen LogP contribution in [0.15, 0.2) is 0 Å². The maximum atomic E-state index is 11.6. The van der Waals surface area contributed by atoms with Gasteiger partial charge in [0.15, 0.2) is 0 Å². The van der Waals surface area contributed by atoms with Crippen molar-refractivity contribution in [1.29, 1.82) is 0 Å². The highest BCUT2D eigenvalue weighted by molar-refractivity contribution is 5.85. The molecule has 6 heteroatoms. The van der Waals surface area contributed by atoms with Gasteiger partial charge in [0.2, 0.25) is 0 Å². The SMILES string of the molecule is CC(CNC(=O)NC(C)(C)C(=O)O)N1CCCCC1. The minimum absolute atomic E-state index is 0.277. The van der Waals surface area contributed by atoms with Crippen molar-refractivity contribution >= 4 is 12.0 Å². The van der Waals surface area contributed by atoms with Gasteiger partial charge < -0.3 is 15.7 Å². The molecule has 1 heterocycles. The summed E-state index contributed by atoms with van der Waals surface area (Å²) in [5.41, 5.74) is -1.25. The minimum Gasteiger partial charge on any atom is -0.480 e. The number of nitrogens with one attached hydrogen (secondary N) is 2. The van der Waals surface area contributed by atoms with Gasteiger partial charge in [0.05, 0.1) is 0 Å². The van der Waals surface area contributed by atoms with Crippen molar-refractivity contribution in [3.63, 3.8) is 0 Å². The van der Waals surface area contributed by atoms with E-state index in [1.54, 1.807) is 0 Å². The molecule has 1 atom stereocenters. The number of piperidine rings is 1. The van der Waals surface area contributed by atoms with Gasteiger partial charge in [-0.1, -0.05) is 6.42 Å². The lowest BCUT2D eigenvalue weighted by atomic mass is 10.1. The van der Waals surface area contributed by atoms with E-state index >= 15 is 0 Å². The summed E-state index contributed by atoms with van der Waals surface area (Å²) in [6.07, 6.45) is 3.70. The summed E-state index contributed by atoms with van der Waals surface area (Å²) in [5.74, 6) is -1.05. The Bertz CT molecular complexity index is 325. The average Bonchev–Trinajstić information content (AvgIpc) is 2.36. The van der Waals surface area contributed by atoms with Crippen LogP contribution in [0, 0.1) is 0 Å². The van der Waals surface area contributed by atoms with Crippen LogP contribution in [0.25, 0.3) is 0 Å². The molecule has 6 nitrogen and oxygen atoms in total. The summed E-state index contributed by atoms with van der Waals surface area (Å²) >= 11 is 0. The van der Waals surface area contributed by atoms with E-state index in [1.807, 2.05) is 0 Å². The van der Waals surface area contributed by atoms with Crippen LogP contribution in [0.5, 0.6) is 0 Å². The number of carboxylic acids is 1. The molecule has 0 aliphatic carbocycles. The number of hydrogen-bond acceptors (Lipinski definition) is 3. The molecule has 0 aromatic rings. The van der Waals surface area contributed by atoms with Crippen molar-refractivity contribution in [2.45, 2.75) is 51.6 Å². The smallest absolute Gasteiger partial charge is 0.328 e. The number of rotatable bonds is 5. The van der Waals surface area contributed by atoms with Crippen molar-refractivity contribution in [3.8, 4) is 0 Å². The van der Waals surface area contributed by atoms with E-state index in [1.165, 1.54) is 33.1 Å². The van der Waals surface area contributed by atoms with Gasteiger partial charge in [-0.15, -0.1) is 0 Å². The number of likely N-dealkylation sites (tertiary alicyclic amines) is 1. The molecule has 2 amide bonds.